The molecule has 4 heterocycles. The molecule has 0 bridgehead atoms. The summed E-state index contributed by atoms with van der Waals surface area (Å²) in [5.41, 5.74) is 4.33. The molecule has 0 aromatic carbocycles. The summed E-state index contributed by atoms with van der Waals surface area (Å²) in [6, 6.07) is 9.40. The van der Waals surface area contributed by atoms with Crippen LogP contribution in [0.3, 0.4) is 0 Å². The van der Waals surface area contributed by atoms with E-state index in [-0.39, 0.29) is 5.78 Å². The van der Waals surface area contributed by atoms with Crippen LogP contribution in [-0.4, -0.2) is 44.9 Å². The topological polar surface area (TPSA) is 74.8 Å². The molecule has 3 aromatic rings. The highest BCUT2D eigenvalue weighted by Crippen LogP contribution is 2.28. The Hall–Kier alpha value is -3.04. The van der Waals surface area contributed by atoms with E-state index >= 15 is 0 Å². The number of hydrogen-bond acceptors (Lipinski definition) is 5. The zero-order valence-corrected chi connectivity index (χ0v) is 15.4. The standard InChI is InChI=1S/C21H21N5O/c1-15-20(19(27)14-25-10-3-2-4-11-25)21-18(6-5-9-23-21)26(15)17-8-7-16(12-22)24-13-17/h5-9,13H,2-4,10-11,14H2,1H3. The molecule has 0 radical (unpaired) electrons. The fourth-order valence-corrected chi connectivity index (χ4v) is 3.88. The molecule has 1 aliphatic rings. The predicted octanol–water partition coefficient (Wildman–Crippen LogP) is 3.27. The molecule has 1 saturated heterocycles. The second-order valence-electron chi connectivity index (χ2n) is 6.94. The highest BCUT2D eigenvalue weighted by atomic mass is 16.1. The molecular weight excluding hydrogens is 338 g/mol. The first-order chi connectivity index (χ1) is 13.2. The zero-order valence-electron chi connectivity index (χ0n) is 15.4. The van der Waals surface area contributed by atoms with Crippen LogP contribution in [0.4, 0.5) is 0 Å². The first-order valence-electron chi connectivity index (χ1n) is 9.27. The van der Waals surface area contributed by atoms with Gasteiger partial charge < -0.3 is 4.57 Å². The number of ketones is 1. The molecule has 4 rings (SSSR count). The van der Waals surface area contributed by atoms with Gasteiger partial charge in [0.2, 0.25) is 0 Å². The zero-order chi connectivity index (χ0) is 18.8. The Bertz CT molecular complexity index is 1020. The van der Waals surface area contributed by atoms with Crippen molar-refractivity contribution in [1.29, 1.82) is 5.26 Å². The first-order valence-corrected chi connectivity index (χ1v) is 9.27. The van der Waals surface area contributed by atoms with Crippen LogP contribution >= 0.6 is 0 Å². The van der Waals surface area contributed by atoms with Gasteiger partial charge in [0.1, 0.15) is 11.8 Å². The van der Waals surface area contributed by atoms with Gasteiger partial charge in [-0.3, -0.25) is 14.7 Å². The van der Waals surface area contributed by atoms with Gasteiger partial charge in [0.25, 0.3) is 0 Å². The lowest BCUT2D eigenvalue weighted by Gasteiger charge is -2.25. The molecule has 3 aromatic heterocycles. The monoisotopic (exact) mass is 359 g/mol. The van der Waals surface area contributed by atoms with Crippen molar-refractivity contribution in [1.82, 2.24) is 19.4 Å². The molecule has 1 fully saturated rings. The maximum atomic E-state index is 13.1. The molecule has 6 heteroatoms. The number of rotatable bonds is 4. The van der Waals surface area contributed by atoms with Gasteiger partial charge in [-0.25, -0.2) is 4.98 Å². The molecule has 0 amide bonds. The normalized spacial score (nSPS) is 15.0. The number of fused-ring (bicyclic) bond motifs is 1. The summed E-state index contributed by atoms with van der Waals surface area (Å²) in [6.45, 7) is 4.35. The third-order valence-electron chi connectivity index (χ3n) is 5.18. The summed E-state index contributed by atoms with van der Waals surface area (Å²) in [7, 11) is 0. The third kappa shape index (κ3) is 3.22. The van der Waals surface area contributed by atoms with E-state index in [0.717, 1.165) is 48.3 Å². The van der Waals surface area contributed by atoms with E-state index in [4.69, 9.17) is 5.26 Å². The van der Waals surface area contributed by atoms with Gasteiger partial charge in [-0.05, 0) is 57.1 Å². The lowest BCUT2D eigenvalue weighted by atomic mass is 10.1. The number of piperidine rings is 1. The van der Waals surface area contributed by atoms with E-state index in [1.807, 2.05) is 35.8 Å². The molecule has 0 atom stereocenters. The average molecular weight is 359 g/mol. The van der Waals surface area contributed by atoms with Crippen molar-refractivity contribution in [3.8, 4) is 11.8 Å². The van der Waals surface area contributed by atoms with Gasteiger partial charge in [-0.2, -0.15) is 5.26 Å². The number of hydrogen-bond donors (Lipinski definition) is 0. The molecule has 0 saturated carbocycles. The van der Waals surface area contributed by atoms with Crippen LogP contribution in [0.25, 0.3) is 16.7 Å². The van der Waals surface area contributed by atoms with Crippen LogP contribution in [0.1, 0.15) is 41.0 Å². The van der Waals surface area contributed by atoms with E-state index in [2.05, 4.69) is 14.9 Å². The quantitative estimate of drug-likeness (QED) is 0.668. The Morgan fingerprint density at radius 3 is 2.70 bits per heavy atom. The summed E-state index contributed by atoms with van der Waals surface area (Å²) in [6.07, 6.45) is 6.94. The molecular formula is C21H21N5O. The minimum atomic E-state index is 0.110. The van der Waals surface area contributed by atoms with E-state index in [0.29, 0.717) is 17.8 Å². The van der Waals surface area contributed by atoms with E-state index in [9.17, 15) is 4.79 Å². The van der Waals surface area contributed by atoms with Crippen LogP contribution < -0.4 is 0 Å². The summed E-state index contributed by atoms with van der Waals surface area (Å²) in [5.74, 6) is 0.110. The fraction of sp³-hybridized carbons (Fsp3) is 0.333. The average Bonchev–Trinajstić information content (AvgIpc) is 3.00. The summed E-state index contributed by atoms with van der Waals surface area (Å²) >= 11 is 0. The summed E-state index contributed by atoms with van der Waals surface area (Å²) < 4.78 is 2.00. The van der Waals surface area contributed by atoms with Crippen molar-refractivity contribution in [2.75, 3.05) is 19.6 Å². The molecule has 136 valence electrons. The van der Waals surface area contributed by atoms with E-state index in [1.54, 1.807) is 18.5 Å². The fourth-order valence-electron chi connectivity index (χ4n) is 3.88. The van der Waals surface area contributed by atoms with Crippen LogP contribution in [0.5, 0.6) is 0 Å². The second kappa shape index (κ2) is 7.29. The minimum absolute atomic E-state index is 0.110. The van der Waals surface area contributed by atoms with Crippen LogP contribution in [0, 0.1) is 18.3 Å². The predicted molar refractivity (Wildman–Crippen MR) is 103 cm³/mol. The number of Topliss-reactive ketones (excluding diaryl/α,β-unsaturated/α-hetero) is 1. The Balaban J connectivity index is 1.78. The molecule has 27 heavy (non-hydrogen) atoms. The lowest BCUT2D eigenvalue weighted by Crippen LogP contribution is -2.34. The molecule has 0 unspecified atom stereocenters. The number of pyridine rings is 2. The van der Waals surface area contributed by atoms with Crippen molar-refractivity contribution in [3.05, 3.63) is 53.6 Å². The van der Waals surface area contributed by atoms with Crippen LogP contribution in [0.2, 0.25) is 0 Å². The third-order valence-corrected chi connectivity index (χ3v) is 5.18. The maximum absolute atomic E-state index is 13.1. The first kappa shape index (κ1) is 17.4. The van der Waals surface area contributed by atoms with Gasteiger partial charge in [0.05, 0.1) is 35.0 Å². The largest absolute Gasteiger partial charge is 0.310 e. The number of nitriles is 1. The SMILES string of the molecule is Cc1c(C(=O)CN2CCCCC2)c2ncccc2n1-c1ccc(C#N)nc1. The van der Waals surface area contributed by atoms with E-state index < -0.39 is 0 Å². The van der Waals surface area contributed by atoms with Crippen molar-refractivity contribution in [3.63, 3.8) is 0 Å². The highest BCUT2D eigenvalue weighted by Gasteiger charge is 2.24. The number of nitrogens with zero attached hydrogens (tertiary/aromatic N) is 5. The Labute approximate surface area is 158 Å². The number of carbonyl (C=O) groups is 1. The van der Waals surface area contributed by atoms with Crippen LogP contribution in [-0.2, 0) is 0 Å². The second-order valence-corrected chi connectivity index (χ2v) is 6.94. The molecule has 0 aliphatic carbocycles. The van der Waals surface area contributed by atoms with Gasteiger partial charge in [-0.1, -0.05) is 6.42 Å². The smallest absolute Gasteiger partial charge is 0.180 e. The molecule has 0 N–H and O–H groups in total. The van der Waals surface area contributed by atoms with Crippen molar-refractivity contribution < 1.29 is 4.79 Å². The van der Waals surface area contributed by atoms with Gasteiger partial charge in [-0.15, -0.1) is 0 Å². The number of likely N-dealkylation sites (tertiary alicyclic amines) is 1. The Kier molecular flexibility index (Phi) is 4.69. The summed E-state index contributed by atoms with van der Waals surface area (Å²) in [5, 5.41) is 8.98. The minimum Gasteiger partial charge on any atom is -0.310 e. The van der Waals surface area contributed by atoms with Crippen molar-refractivity contribution >= 4 is 16.8 Å². The molecule has 1 aliphatic heterocycles. The Morgan fingerprint density at radius 2 is 2.00 bits per heavy atom. The Morgan fingerprint density at radius 1 is 1.19 bits per heavy atom. The van der Waals surface area contributed by atoms with Gasteiger partial charge in [0.15, 0.2) is 5.78 Å². The lowest BCUT2D eigenvalue weighted by molar-refractivity contribution is 0.0916. The highest BCUT2D eigenvalue weighted by molar-refractivity contribution is 6.09. The maximum Gasteiger partial charge on any atom is 0.180 e. The summed E-state index contributed by atoms with van der Waals surface area (Å²) in [4.78, 5) is 24.1. The van der Waals surface area contributed by atoms with Crippen molar-refractivity contribution in [2.24, 2.45) is 0 Å². The molecule has 0 spiro atoms. The van der Waals surface area contributed by atoms with Crippen molar-refractivity contribution in [2.45, 2.75) is 26.2 Å². The number of aromatic nitrogens is 3. The van der Waals surface area contributed by atoms with Gasteiger partial charge >= 0.3 is 0 Å². The van der Waals surface area contributed by atoms with E-state index in [1.165, 1.54) is 6.42 Å². The van der Waals surface area contributed by atoms with Crippen LogP contribution in [0.15, 0.2) is 36.7 Å². The number of carbonyl (C=O) groups excluding carboxylic acids is 1. The molecule has 6 nitrogen and oxygen atoms in total. The van der Waals surface area contributed by atoms with Gasteiger partial charge in [0, 0.05) is 11.9 Å².